The van der Waals surface area contributed by atoms with E-state index in [0.29, 0.717) is 11.3 Å². The summed E-state index contributed by atoms with van der Waals surface area (Å²) in [5.74, 6) is -0.957. The number of hydrogen-bond acceptors (Lipinski definition) is 3. The second-order valence-corrected chi connectivity index (χ2v) is 3.82. The van der Waals surface area contributed by atoms with Gasteiger partial charge in [-0.05, 0) is 36.4 Å². The number of hydrogen-bond donors (Lipinski definition) is 2. The minimum atomic E-state index is -0.874. The molecule has 0 saturated carbocycles. The fraction of sp³-hybridized carbons (Fsp3) is 0. The molecule has 0 atom stereocenters. The minimum absolute atomic E-state index is 0.352. The van der Waals surface area contributed by atoms with Crippen LogP contribution in [-0.2, 0) is 4.84 Å². The third-order valence-electron chi connectivity index (χ3n) is 2.36. The molecule has 20 heavy (non-hydrogen) atoms. The first-order chi connectivity index (χ1) is 9.65. The molecule has 0 spiro atoms. The van der Waals surface area contributed by atoms with Crippen molar-refractivity contribution < 1.29 is 18.8 Å². The summed E-state index contributed by atoms with van der Waals surface area (Å²) >= 11 is 0. The summed E-state index contributed by atoms with van der Waals surface area (Å²) in [6.07, 6.45) is -0.874. The first-order valence-corrected chi connectivity index (χ1v) is 5.74. The van der Waals surface area contributed by atoms with Gasteiger partial charge in [0.25, 0.3) is 5.91 Å². The van der Waals surface area contributed by atoms with Crippen molar-refractivity contribution in [3.05, 3.63) is 66.0 Å². The van der Waals surface area contributed by atoms with Gasteiger partial charge in [-0.1, -0.05) is 18.2 Å². The second-order valence-electron chi connectivity index (χ2n) is 3.82. The highest BCUT2D eigenvalue weighted by Gasteiger charge is 2.08. The lowest BCUT2D eigenvalue weighted by molar-refractivity contribution is 0.0615. The Morgan fingerprint density at radius 1 is 0.950 bits per heavy atom. The predicted molar refractivity (Wildman–Crippen MR) is 70.4 cm³/mol. The van der Waals surface area contributed by atoms with Crippen LogP contribution in [0.3, 0.4) is 0 Å². The average molecular weight is 274 g/mol. The van der Waals surface area contributed by atoms with Crippen LogP contribution in [0.5, 0.6) is 0 Å². The first kappa shape index (κ1) is 13.5. The molecule has 0 radical (unpaired) electrons. The van der Waals surface area contributed by atoms with Gasteiger partial charge in [0, 0.05) is 11.3 Å². The van der Waals surface area contributed by atoms with Gasteiger partial charge >= 0.3 is 6.09 Å². The molecule has 2 rings (SSSR count). The van der Waals surface area contributed by atoms with Gasteiger partial charge in [-0.3, -0.25) is 10.1 Å². The molecule has 102 valence electrons. The maximum Gasteiger partial charge on any atom is 0.436 e. The first-order valence-electron chi connectivity index (χ1n) is 5.74. The Hall–Kier alpha value is -2.89. The van der Waals surface area contributed by atoms with E-state index in [9.17, 15) is 14.0 Å². The van der Waals surface area contributed by atoms with Gasteiger partial charge in [-0.15, -0.1) is 0 Å². The summed E-state index contributed by atoms with van der Waals surface area (Å²) in [5, 5.41) is 2.33. The summed E-state index contributed by atoms with van der Waals surface area (Å²) in [4.78, 5) is 27.5. The van der Waals surface area contributed by atoms with E-state index in [0.717, 1.165) is 0 Å². The van der Waals surface area contributed by atoms with E-state index >= 15 is 0 Å². The fourth-order valence-corrected chi connectivity index (χ4v) is 1.42. The minimum Gasteiger partial charge on any atom is -0.321 e. The zero-order valence-electron chi connectivity index (χ0n) is 10.3. The number of hydroxylamine groups is 1. The van der Waals surface area contributed by atoms with Crippen molar-refractivity contribution in [3.63, 3.8) is 0 Å². The molecule has 0 aliphatic carbocycles. The van der Waals surface area contributed by atoms with Gasteiger partial charge in [-0.25, -0.2) is 9.18 Å². The van der Waals surface area contributed by atoms with Gasteiger partial charge in [0.15, 0.2) is 0 Å². The normalized spacial score (nSPS) is 9.65. The molecule has 2 aromatic carbocycles. The number of halogens is 1. The van der Waals surface area contributed by atoms with Crippen LogP contribution in [-0.4, -0.2) is 12.0 Å². The maximum absolute atomic E-state index is 12.7. The van der Waals surface area contributed by atoms with Crippen molar-refractivity contribution in [3.8, 4) is 0 Å². The van der Waals surface area contributed by atoms with Crippen LogP contribution in [0.4, 0.5) is 14.9 Å². The molecule has 0 aliphatic heterocycles. The third kappa shape index (κ3) is 3.81. The standard InChI is InChI=1S/C14H11FN2O3/c15-11-6-8-12(9-7-11)16-14(19)20-17-13(18)10-4-2-1-3-5-10/h1-9H,(H,16,19)(H,17,18). The second kappa shape index (κ2) is 6.33. The van der Waals surface area contributed by atoms with Gasteiger partial charge in [-0.2, -0.15) is 5.48 Å². The Balaban J connectivity index is 1.83. The molecule has 2 N–H and O–H groups in total. The molecule has 0 saturated heterocycles. The Bertz CT molecular complexity index is 600. The molecule has 5 nitrogen and oxygen atoms in total. The monoisotopic (exact) mass is 274 g/mol. The van der Waals surface area contributed by atoms with Gasteiger partial charge in [0.05, 0.1) is 0 Å². The van der Waals surface area contributed by atoms with Crippen LogP contribution in [0.15, 0.2) is 54.6 Å². The SMILES string of the molecule is O=C(Nc1ccc(F)cc1)ONC(=O)c1ccccc1. The lowest BCUT2D eigenvalue weighted by atomic mass is 10.2. The van der Waals surface area contributed by atoms with Crippen LogP contribution >= 0.6 is 0 Å². The van der Waals surface area contributed by atoms with Crippen LogP contribution in [0, 0.1) is 5.82 Å². The van der Waals surface area contributed by atoms with Crippen molar-refractivity contribution in [1.29, 1.82) is 0 Å². The molecule has 2 aromatic rings. The van der Waals surface area contributed by atoms with E-state index in [1.54, 1.807) is 30.3 Å². The van der Waals surface area contributed by atoms with E-state index < -0.39 is 17.8 Å². The molecule has 2 amide bonds. The fourth-order valence-electron chi connectivity index (χ4n) is 1.42. The zero-order chi connectivity index (χ0) is 14.4. The molecule has 6 heteroatoms. The summed E-state index contributed by atoms with van der Waals surface area (Å²) < 4.78 is 12.7. The Labute approximate surface area is 114 Å². The van der Waals surface area contributed by atoms with Crippen LogP contribution in [0.2, 0.25) is 0 Å². The van der Waals surface area contributed by atoms with Crippen molar-refractivity contribution >= 4 is 17.7 Å². The molecule has 0 unspecified atom stereocenters. The number of carbonyl (C=O) groups excluding carboxylic acids is 2. The zero-order valence-corrected chi connectivity index (χ0v) is 10.3. The molecular weight excluding hydrogens is 263 g/mol. The highest BCUT2D eigenvalue weighted by Crippen LogP contribution is 2.08. The number of amides is 2. The molecule has 0 aliphatic rings. The number of rotatable bonds is 2. The Kier molecular flexibility index (Phi) is 4.28. The van der Waals surface area contributed by atoms with E-state index in [2.05, 4.69) is 10.2 Å². The number of anilines is 1. The van der Waals surface area contributed by atoms with Crippen molar-refractivity contribution in [1.82, 2.24) is 5.48 Å². The lowest BCUT2D eigenvalue weighted by Gasteiger charge is -2.07. The summed E-state index contributed by atoms with van der Waals surface area (Å²) in [6, 6.07) is 13.4. The lowest BCUT2D eigenvalue weighted by Crippen LogP contribution is -2.29. The Morgan fingerprint density at radius 2 is 1.60 bits per heavy atom. The molecular formula is C14H11FN2O3. The molecule has 0 aromatic heterocycles. The van der Waals surface area contributed by atoms with Crippen LogP contribution in [0.1, 0.15) is 10.4 Å². The maximum atomic E-state index is 12.7. The van der Waals surface area contributed by atoms with Crippen LogP contribution < -0.4 is 10.8 Å². The van der Waals surface area contributed by atoms with Crippen molar-refractivity contribution in [2.75, 3.05) is 5.32 Å². The highest BCUT2D eigenvalue weighted by molar-refractivity contribution is 5.94. The Morgan fingerprint density at radius 3 is 2.25 bits per heavy atom. The smallest absolute Gasteiger partial charge is 0.321 e. The summed E-state index contributed by atoms with van der Waals surface area (Å²) in [5.41, 5.74) is 2.72. The summed E-state index contributed by atoms with van der Waals surface area (Å²) in [7, 11) is 0. The average Bonchev–Trinajstić information content (AvgIpc) is 2.48. The van der Waals surface area contributed by atoms with E-state index in [4.69, 9.17) is 0 Å². The number of carbonyl (C=O) groups is 2. The van der Waals surface area contributed by atoms with Gasteiger partial charge in [0.2, 0.25) is 0 Å². The molecule has 0 bridgehead atoms. The number of nitrogens with one attached hydrogen (secondary N) is 2. The number of benzene rings is 2. The largest absolute Gasteiger partial charge is 0.436 e. The van der Waals surface area contributed by atoms with Crippen LogP contribution in [0.25, 0.3) is 0 Å². The van der Waals surface area contributed by atoms with E-state index in [1.165, 1.54) is 24.3 Å². The highest BCUT2D eigenvalue weighted by atomic mass is 19.1. The van der Waals surface area contributed by atoms with E-state index in [-0.39, 0.29) is 0 Å². The third-order valence-corrected chi connectivity index (χ3v) is 2.36. The van der Waals surface area contributed by atoms with Crippen molar-refractivity contribution in [2.45, 2.75) is 0 Å². The molecule has 0 fully saturated rings. The van der Waals surface area contributed by atoms with Crippen molar-refractivity contribution in [2.24, 2.45) is 0 Å². The van der Waals surface area contributed by atoms with Gasteiger partial charge < -0.3 is 4.84 Å². The summed E-state index contributed by atoms with van der Waals surface area (Å²) in [6.45, 7) is 0. The topological polar surface area (TPSA) is 67.4 Å². The predicted octanol–water partition coefficient (Wildman–Crippen LogP) is 2.72. The van der Waals surface area contributed by atoms with E-state index in [1.807, 2.05) is 5.48 Å². The van der Waals surface area contributed by atoms with Gasteiger partial charge in [0.1, 0.15) is 5.82 Å². The quantitative estimate of drug-likeness (QED) is 0.827. The molecule has 0 heterocycles.